The molecule has 0 aliphatic heterocycles. The van der Waals surface area contributed by atoms with Crippen molar-refractivity contribution in [2.45, 2.75) is 6.18 Å². The minimum absolute atomic E-state index is 0.183. The Hall–Kier alpha value is -3.15. The summed E-state index contributed by atoms with van der Waals surface area (Å²) in [6, 6.07) is 3.61. The van der Waals surface area contributed by atoms with Gasteiger partial charge in [-0.05, 0) is 24.3 Å². The highest BCUT2D eigenvalue weighted by atomic mass is 35.5. The number of imide groups is 1. The number of urea groups is 1. The molecule has 0 aliphatic carbocycles. The molecule has 0 saturated carbocycles. The molecule has 0 radical (unpaired) electrons. The number of nitrogens with two attached hydrogens (primary N) is 1. The van der Waals surface area contributed by atoms with E-state index in [9.17, 15) is 31.5 Å². The van der Waals surface area contributed by atoms with Crippen molar-refractivity contribution >= 4 is 52.4 Å². The molecule has 3 amide bonds. The first-order valence-corrected chi connectivity index (χ1v) is 9.92. The number of carbonyl (C=O) groups is 2. The molecular weight excluding hydrogens is 532 g/mol. The van der Waals surface area contributed by atoms with Gasteiger partial charge in [-0.2, -0.15) is 13.2 Å². The molecule has 34 heavy (non-hydrogen) atoms. The summed E-state index contributed by atoms with van der Waals surface area (Å²) in [5.41, 5.74) is 2.57. The largest absolute Gasteiger partial charge is 0.436 e. The summed E-state index contributed by atoms with van der Waals surface area (Å²) in [5, 5.41) is -1.23. The van der Waals surface area contributed by atoms with Crippen LogP contribution in [0.15, 0.2) is 42.6 Å². The molecule has 1 aromatic heterocycles. The van der Waals surface area contributed by atoms with Crippen molar-refractivity contribution in [1.29, 1.82) is 0 Å². The molecule has 0 spiro atoms. The van der Waals surface area contributed by atoms with Crippen LogP contribution in [0.25, 0.3) is 0 Å². The van der Waals surface area contributed by atoms with Crippen LogP contribution in [0.1, 0.15) is 15.9 Å². The lowest BCUT2D eigenvalue weighted by molar-refractivity contribution is -0.137. The lowest BCUT2D eigenvalue weighted by atomic mass is 10.1. The van der Waals surface area contributed by atoms with Crippen molar-refractivity contribution in [3.63, 3.8) is 0 Å². The number of nitrogens with zero attached hydrogens (tertiary/aromatic N) is 2. The van der Waals surface area contributed by atoms with E-state index in [0.29, 0.717) is 12.3 Å². The molecule has 3 aromatic rings. The summed E-state index contributed by atoms with van der Waals surface area (Å²) >= 11 is 18.0. The SMILES string of the molecule is NC(=O)N(C(=O)c1c(F)cccc1F)c1cc(Cl)c(Oc2ncc(C(F)(F)F)cc2Cl)cc1Cl. The lowest BCUT2D eigenvalue weighted by Crippen LogP contribution is -2.42. The molecular formula is C20H9Cl3F5N3O3. The Balaban J connectivity index is 2.00. The zero-order valence-electron chi connectivity index (χ0n) is 16.3. The summed E-state index contributed by atoms with van der Waals surface area (Å²) in [7, 11) is 0. The number of halogens is 8. The van der Waals surface area contributed by atoms with Crippen LogP contribution in [0.2, 0.25) is 15.1 Å². The first kappa shape index (κ1) is 25.5. The zero-order valence-corrected chi connectivity index (χ0v) is 18.5. The van der Waals surface area contributed by atoms with Gasteiger partial charge >= 0.3 is 12.2 Å². The molecule has 0 aliphatic rings. The van der Waals surface area contributed by atoms with E-state index < -0.39 is 62.5 Å². The van der Waals surface area contributed by atoms with Crippen LogP contribution in [0, 0.1) is 11.6 Å². The van der Waals surface area contributed by atoms with Crippen LogP contribution in [0.5, 0.6) is 11.6 Å². The van der Waals surface area contributed by atoms with Gasteiger partial charge in [0, 0.05) is 12.3 Å². The fourth-order valence-electron chi connectivity index (χ4n) is 2.67. The minimum Gasteiger partial charge on any atom is -0.436 e. The number of amides is 3. The van der Waals surface area contributed by atoms with Crippen LogP contribution in [0.3, 0.4) is 0 Å². The number of anilines is 1. The Labute approximate surface area is 202 Å². The van der Waals surface area contributed by atoms with Gasteiger partial charge in [0.2, 0.25) is 5.88 Å². The molecule has 3 rings (SSSR count). The molecule has 0 unspecified atom stereocenters. The van der Waals surface area contributed by atoms with Crippen LogP contribution in [-0.2, 0) is 6.18 Å². The Morgan fingerprint density at radius 1 is 0.971 bits per heavy atom. The van der Waals surface area contributed by atoms with Gasteiger partial charge in [0.25, 0.3) is 5.91 Å². The monoisotopic (exact) mass is 539 g/mol. The van der Waals surface area contributed by atoms with Gasteiger partial charge in [-0.25, -0.2) is 23.5 Å². The summed E-state index contributed by atoms with van der Waals surface area (Å²) in [6.07, 6.45) is -4.22. The van der Waals surface area contributed by atoms with Crippen molar-refractivity contribution in [3.05, 3.63) is 80.4 Å². The first-order valence-electron chi connectivity index (χ1n) is 8.78. The zero-order chi connectivity index (χ0) is 25.4. The third kappa shape index (κ3) is 5.16. The first-order chi connectivity index (χ1) is 15.8. The van der Waals surface area contributed by atoms with Gasteiger partial charge in [0.05, 0.1) is 21.3 Å². The minimum atomic E-state index is -4.69. The van der Waals surface area contributed by atoms with Gasteiger partial charge in [0.1, 0.15) is 28.0 Å². The number of hydrogen-bond donors (Lipinski definition) is 1. The number of benzene rings is 2. The predicted octanol–water partition coefficient (Wildman–Crippen LogP) is 6.86. The van der Waals surface area contributed by atoms with Crippen molar-refractivity contribution in [2.75, 3.05) is 4.90 Å². The van der Waals surface area contributed by atoms with E-state index in [1.807, 2.05) is 0 Å². The van der Waals surface area contributed by atoms with E-state index in [1.165, 1.54) is 0 Å². The highest BCUT2D eigenvalue weighted by Gasteiger charge is 2.32. The molecule has 14 heteroatoms. The summed E-state index contributed by atoms with van der Waals surface area (Å²) < 4.78 is 71.7. The van der Waals surface area contributed by atoms with Gasteiger partial charge in [0.15, 0.2) is 0 Å². The molecule has 0 saturated heterocycles. The topological polar surface area (TPSA) is 85.5 Å². The fourth-order valence-corrected chi connectivity index (χ4v) is 3.31. The third-order valence-electron chi connectivity index (χ3n) is 4.18. The van der Waals surface area contributed by atoms with E-state index in [2.05, 4.69) is 4.98 Å². The van der Waals surface area contributed by atoms with E-state index in [0.717, 1.165) is 30.3 Å². The lowest BCUT2D eigenvalue weighted by Gasteiger charge is -2.21. The second kappa shape index (κ2) is 9.61. The Morgan fingerprint density at radius 3 is 2.12 bits per heavy atom. The van der Waals surface area contributed by atoms with Gasteiger partial charge in [-0.15, -0.1) is 0 Å². The quantitative estimate of drug-likeness (QED) is 0.367. The second-order valence-electron chi connectivity index (χ2n) is 6.42. The van der Waals surface area contributed by atoms with Crippen LogP contribution >= 0.6 is 34.8 Å². The number of carbonyl (C=O) groups excluding carboxylic acids is 2. The molecule has 1 heterocycles. The van der Waals surface area contributed by atoms with E-state index in [-0.39, 0.29) is 15.7 Å². The number of alkyl halides is 3. The van der Waals surface area contributed by atoms with Crippen LogP contribution in [0.4, 0.5) is 32.4 Å². The van der Waals surface area contributed by atoms with Crippen molar-refractivity contribution in [3.8, 4) is 11.6 Å². The second-order valence-corrected chi connectivity index (χ2v) is 7.64. The van der Waals surface area contributed by atoms with Crippen molar-refractivity contribution in [2.24, 2.45) is 5.73 Å². The summed E-state index contributed by atoms with van der Waals surface area (Å²) in [4.78, 5) is 28.4. The smallest absolute Gasteiger partial charge is 0.417 e. The number of pyridine rings is 1. The highest BCUT2D eigenvalue weighted by Crippen LogP contribution is 2.41. The summed E-state index contributed by atoms with van der Waals surface area (Å²) in [6.45, 7) is 0. The summed E-state index contributed by atoms with van der Waals surface area (Å²) in [5.74, 6) is -4.74. The Morgan fingerprint density at radius 2 is 1.59 bits per heavy atom. The maximum absolute atomic E-state index is 14.1. The maximum atomic E-state index is 14.1. The molecule has 2 N–H and O–H groups in total. The van der Waals surface area contributed by atoms with Gasteiger partial charge < -0.3 is 10.5 Å². The van der Waals surface area contributed by atoms with Gasteiger partial charge in [-0.1, -0.05) is 40.9 Å². The fraction of sp³-hybridized carbons (Fsp3) is 0.0500. The standard InChI is InChI=1S/C20H9Cl3F5N3O3/c21-9-6-15(34-17-11(23)4-8(7-30-17)20(26,27)28)10(22)5-14(9)31(19(29)33)18(32)16-12(24)2-1-3-13(16)25/h1-7H,(H2,29,33). The Kier molecular flexibility index (Phi) is 7.20. The van der Waals surface area contributed by atoms with Gasteiger partial charge in [-0.3, -0.25) is 4.79 Å². The van der Waals surface area contributed by atoms with E-state index >= 15 is 0 Å². The number of ether oxygens (including phenoxy) is 1. The molecule has 0 bridgehead atoms. The molecule has 0 atom stereocenters. The number of aromatic nitrogens is 1. The number of primary amides is 1. The third-order valence-corrected chi connectivity index (χ3v) is 5.05. The normalized spacial score (nSPS) is 11.3. The van der Waals surface area contributed by atoms with Crippen molar-refractivity contribution in [1.82, 2.24) is 4.98 Å². The molecule has 6 nitrogen and oxygen atoms in total. The highest BCUT2D eigenvalue weighted by molar-refractivity contribution is 6.38. The average Bonchev–Trinajstić information content (AvgIpc) is 2.71. The molecule has 2 aromatic carbocycles. The molecule has 178 valence electrons. The number of rotatable bonds is 4. The molecule has 0 fully saturated rings. The van der Waals surface area contributed by atoms with Crippen molar-refractivity contribution < 1.29 is 36.3 Å². The Bertz CT molecular complexity index is 1280. The number of hydrogen-bond acceptors (Lipinski definition) is 4. The van der Waals surface area contributed by atoms with Crippen LogP contribution < -0.4 is 15.4 Å². The van der Waals surface area contributed by atoms with E-state index in [4.69, 9.17) is 45.3 Å². The average molecular weight is 541 g/mol. The predicted molar refractivity (Wildman–Crippen MR) is 114 cm³/mol. The van der Waals surface area contributed by atoms with Crippen LogP contribution in [-0.4, -0.2) is 16.9 Å². The van der Waals surface area contributed by atoms with E-state index in [1.54, 1.807) is 0 Å². The maximum Gasteiger partial charge on any atom is 0.417 e.